The van der Waals surface area contributed by atoms with E-state index < -0.39 is 14.9 Å². The van der Waals surface area contributed by atoms with Crippen LogP contribution in [0.2, 0.25) is 0 Å². The van der Waals surface area contributed by atoms with Crippen LogP contribution < -0.4 is 5.32 Å². The molecule has 0 unspecified atom stereocenters. The van der Waals surface area contributed by atoms with E-state index in [1.54, 1.807) is 17.5 Å². The van der Waals surface area contributed by atoms with E-state index in [-0.39, 0.29) is 29.6 Å². The Balaban J connectivity index is 1.54. The van der Waals surface area contributed by atoms with Gasteiger partial charge in [-0.25, -0.2) is 13.4 Å². The maximum atomic E-state index is 12.9. The fourth-order valence-electron chi connectivity index (χ4n) is 2.90. The molecule has 0 radical (unpaired) electrons. The number of sulfonamides is 1. The van der Waals surface area contributed by atoms with Crippen LogP contribution in [0.25, 0.3) is 0 Å². The van der Waals surface area contributed by atoms with E-state index in [1.807, 2.05) is 0 Å². The van der Waals surface area contributed by atoms with Crippen molar-refractivity contribution in [2.24, 2.45) is 0 Å². The summed E-state index contributed by atoms with van der Waals surface area (Å²) < 4.78 is 27.1. The number of amides is 1. The molecule has 0 aliphatic carbocycles. The summed E-state index contributed by atoms with van der Waals surface area (Å²) in [5, 5.41) is 15.9. The molecule has 4 rings (SSSR count). The maximum Gasteiger partial charge on any atom is 0.270 e. The van der Waals surface area contributed by atoms with Crippen molar-refractivity contribution in [3.63, 3.8) is 0 Å². The van der Waals surface area contributed by atoms with E-state index >= 15 is 0 Å². The molecular formula is C17H14N4O5S3. The third-order valence-corrected chi connectivity index (χ3v) is 8.04. The molecule has 0 bridgehead atoms. The second-order valence-corrected chi connectivity index (χ2v) is 10.1. The van der Waals surface area contributed by atoms with Crippen molar-refractivity contribution in [3.05, 3.63) is 67.3 Å². The summed E-state index contributed by atoms with van der Waals surface area (Å²) in [6.07, 6.45) is 0.398. The lowest BCUT2D eigenvalue weighted by molar-refractivity contribution is -0.385. The van der Waals surface area contributed by atoms with Gasteiger partial charge in [-0.2, -0.15) is 4.31 Å². The average molecular weight is 451 g/mol. The Bertz CT molecular complexity index is 1190. The van der Waals surface area contributed by atoms with Gasteiger partial charge in [-0.05, 0) is 17.5 Å². The van der Waals surface area contributed by atoms with E-state index in [1.165, 1.54) is 45.2 Å². The predicted octanol–water partition coefficient (Wildman–Crippen LogP) is 3.11. The number of aromatic nitrogens is 1. The number of nitrogens with one attached hydrogen (secondary N) is 1. The van der Waals surface area contributed by atoms with Crippen molar-refractivity contribution in [3.8, 4) is 0 Å². The summed E-state index contributed by atoms with van der Waals surface area (Å²) in [7, 11) is -3.89. The molecule has 150 valence electrons. The van der Waals surface area contributed by atoms with Crippen LogP contribution in [0, 0.1) is 10.1 Å². The van der Waals surface area contributed by atoms with Crippen molar-refractivity contribution in [2.75, 3.05) is 11.9 Å². The number of carbonyl (C=O) groups excluding carboxylic acids is 1. The molecule has 3 aromatic rings. The molecule has 0 saturated carbocycles. The summed E-state index contributed by atoms with van der Waals surface area (Å²) in [6, 6.07) is 8.50. The molecule has 0 fully saturated rings. The number of hydrogen-bond acceptors (Lipinski definition) is 8. The van der Waals surface area contributed by atoms with Gasteiger partial charge in [0.05, 0.1) is 26.9 Å². The number of nitro benzene ring substituents is 1. The number of carbonyl (C=O) groups is 1. The van der Waals surface area contributed by atoms with Crippen molar-refractivity contribution in [1.82, 2.24) is 9.29 Å². The zero-order valence-corrected chi connectivity index (χ0v) is 17.2. The molecule has 3 heterocycles. The van der Waals surface area contributed by atoms with Gasteiger partial charge in [0.15, 0.2) is 5.13 Å². The highest BCUT2D eigenvalue weighted by Crippen LogP contribution is 2.32. The van der Waals surface area contributed by atoms with Crippen LogP contribution >= 0.6 is 22.7 Å². The normalized spacial score (nSPS) is 14.3. The Morgan fingerprint density at radius 1 is 1.28 bits per heavy atom. The second-order valence-electron chi connectivity index (χ2n) is 6.16. The first kappa shape index (κ1) is 19.6. The van der Waals surface area contributed by atoms with Gasteiger partial charge in [-0.3, -0.25) is 20.2 Å². The maximum absolute atomic E-state index is 12.9. The first-order valence-electron chi connectivity index (χ1n) is 8.42. The minimum absolute atomic E-state index is 0.104. The number of hydrogen-bond donors (Lipinski definition) is 1. The lowest BCUT2D eigenvalue weighted by Crippen LogP contribution is -2.35. The molecule has 29 heavy (non-hydrogen) atoms. The minimum atomic E-state index is -3.89. The van der Waals surface area contributed by atoms with E-state index in [0.29, 0.717) is 16.4 Å². The van der Waals surface area contributed by atoms with Crippen molar-refractivity contribution in [1.29, 1.82) is 0 Å². The second kappa shape index (κ2) is 7.63. The van der Waals surface area contributed by atoms with E-state index in [2.05, 4.69) is 10.3 Å². The Labute approximate surface area is 173 Å². The number of anilines is 1. The lowest BCUT2D eigenvalue weighted by Gasteiger charge is -2.25. The molecule has 1 amide bonds. The van der Waals surface area contributed by atoms with Gasteiger partial charge in [0.25, 0.3) is 11.6 Å². The molecule has 2 aromatic heterocycles. The lowest BCUT2D eigenvalue weighted by atomic mass is 10.2. The quantitative estimate of drug-likeness (QED) is 0.471. The third-order valence-electron chi connectivity index (χ3n) is 4.33. The van der Waals surface area contributed by atoms with Gasteiger partial charge in [-0.15, -0.1) is 22.7 Å². The van der Waals surface area contributed by atoms with E-state index in [4.69, 9.17) is 0 Å². The minimum Gasteiger partial charge on any atom is -0.297 e. The number of nitro groups is 1. The highest BCUT2D eigenvalue weighted by atomic mass is 32.2. The van der Waals surface area contributed by atoms with Crippen molar-refractivity contribution >= 4 is 49.4 Å². The van der Waals surface area contributed by atoms with Gasteiger partial charge in [-0.1, -0.05) is 12.1 Å². The zero-order valence-electron chi connectivity index (χ0n) is 14.8. The smallest absolute Gasteiger partial charge is 0.270 e. The Kier molecular flexibility index (Phi) is 5.17. The Morgan fingerprint density at radius 2 is 2.10 bits per heavy atom. The van der Waals surface area contributed by atoms with Gasteiger partial charge in [0.2, 0.25) is 10.0 Å². The Hall–Kier alpha value is -2.67. The first-order chi connectivity index (χ1) is 13.8. The molecular weight excluding hydrogens is 436 g/mol. The van der Waals surface area contributed by atoms with Crippen LogP contribution in [-0.4, -0.2) is 35.1 Å². The topological polar surface area (TPSA) is 123 Å². The molecule has 0 spiro atoms. The summed E-state index contributed by atoms with van der Waals surface area (Å²) in [4.78, 5) is 28.1. The SMILES string of the molecule is O=C(Nc1nc2c(s1)CN(S(=O)(=O)c1cccc([N+](=O)[O-])c1)CC2)c1cccs1. The van der Waals surface area contributed by atoms with Gasteiger partial charge < -0.3 is 0 Å². The number of nitrogens with zero attached hydrogens (tertiary/aromatic N) is 3. The summed E-state index contributed by atoms with van der Waals surface area (Å²) in [6.45, 7) is 0.312. The van der Waals surface area contributed by atoms with E-state index in [9.17, 15) is 23.3 Å². The fourth-order valence-corrected chi connectivity index (χ4v) is 6.07. The van der Waals surface area contributed by atoms with Crippen LogP contribution in [0.1, 0.15) is 20.2 Å². The van der Waals surface area contributed by atoms with Crippen molar-refractivity contribution in [2.45, 2.75) is 17.9 Å². The monoisotopic (exact) mass is 450 g/mol. The number of rotatable bonds is 5. The molecule has 0 atom stereocenters. The van der Waals surface area contributed by atoms with Gasteiger partial charge in [0.1, 0.15) is 0 Å². The summed E-state index contributed by atoms with van der Waals surface area (Å²) in [5.74, 6) is -0.257. The molecule has 1 aliphatic rings. The largest absolute Gasteiger partial charge is 0.297 e. The summed E-state index contributed by atoms with van der Waals surface area (Å²) in [5.41, 5.74) is 0.474. The Morgan fingerprint density at radius 3 is 2.83 bits per heavy atom. The van der Waals surface area contributed by atoms with Crippen LogP contribution in [0.3, 0.4) is 0 Å². The molecule has 9 nitrogen and oxygen atoms in total. The molecule has 1 aliphatic heterocycles. The van der Waals surface area contributed by atoms with Gasteiger partial charge in [0, 0.05) is 30.0 Å². The number of thiophene rings is 1. The van der Waals surface area contributed by atoms with Crippen LogP contribution in [-0.2, 0) is 23.0 Å². The van der Waals surface area contributed by atoms with Crippen molar-refractivity contribution < 1.29 is 18.1 Å². The molecule has 0 saturated heterocycles. The standard InChI is InChI=1S/C17H14N4O5S3/c22-16(14-5-2-8-27-14)19-17-18-13-6-7-20(10-15(13)28-17)29(25,26)12-4-1-3-11(9-12)21(23)24/h1-5,8-9H,6-7,10H2,(H,18,19,22). The first-order valence-corrected chi connectivity index (χ1v) is 11.6. The number of non-ortho nitro benzene ring substituents is 1. The highest BCUT2D eigenvalue weighted by Gasteiger charge is 2.31. The molecule has 12 heteroatoms. The zero-order chi connectivity index (χ0) is 20.6. The van der Waals surface area contributed by atoms with Crippen LogP contribution in [0.4, 0.5) is 10.8 Å². The van der Waals surface area contributed by atoms with Crippen LogP contribution in [0.5, 0.6) is 0 Å². The van der Waals surface area contributed by atoms with Gasteiger partial charge >= 0.3 is 0 Å². The van der Waals surface area contributed by atoms with Crippen LogP contribution in [0.15, 0.2) is 46.7 Å². The van der Waals surface area contributed by atoms with E-state index in [0.717, 1.165) is 16.6 Å². The number of fused-ring (bicyclic) bond motifs is 1. The highest BCUT2D eigenvalue weighted by molar-refractivity contribution is 7.89. The number of benzene rings is 1. The number of thiazole rings is 1. The fraction of sp³-hybridized carbons (Fsp3) is 0.176. The predicted molar refractivity (Wildman–Crippen MR) is 109 cm³/mol. The third kappa shape index (κ3) is 3.92. The molecule has 1 N–H and O–H groups in total. The summed E-state index contributed by atoms with van der Waals surface area (Å²) >= 11 is 2.55. The molecule has 1 aromatic carbocycles. The average Bonchev–Trinajstić information content (AvgIpc) is 3.37.